The van der Waals surface area contributed by atoms with Crippen LogP contribution in [0.5, 0.6) is 5.75 Å². The summed E-state index contributed by atoms with van der Waals surface area (Å²) in [6.07, 6.45) is 2.58. The van der Waals surface area contributed by atoms with Gasteiger partial charge in [0.25, 0.3) is 0 Å². The normalized spacial score (nSPS) is 21.4. The highest BCUT2D eigenvalue weighted by Crippen LogP contribution is 2.49. The highest BCUT2D eigenvalue weighted by Gasteiger charge is 2.39. The lowest BCUT2D eigenvalue weighted by Crippen LogP contribution is -2.45. The molecule has 25 heavy (non-hydrogen) atoms. The third-order valence-electron chi connectivity index (χ3n) is 5.75. The van der Waals surface area contributed by atoms with Crippen LogP contribution in [0.4, 0.5) is 0 Å². The van der Waals surface area contributed by atoms with Crippen molar-refractivity contribution in [3.05, 3.63) is 28.8 Å². The molecule has 3 rings (SSSR count). The van der Waals surface area contributed by atoms with Crippen LogP contribution in [0.25, 0.3) is 0 Å². The van der Waals surface area contributed by atoms with Gasteiger partial charge >= 0.3 is 0 Å². The molecular weight excluding hydrogens is 308 g/mol. The molecule has 1 saturated carbocycles. The second-order valence-electron chi connectivity index (χ2n) is 10.0. The van der Waals surface area contributed by atoms with Gasteiger partial charge in [-0.2, -0.15) is 0 Å². The zero-order chi connectivity index (χ0) is 18.4. The molecule has 2 N–H and O–H groups in total. The maximum absolute atomic E-state index is 11.3. The summed E-state index contributed by atoms with van der Waals surface area (Å²) in [6.45, 7) is 17.7. The number of benzene rings is 1. The Labute approximate surface area is 153 Å². The number of nitrogens with one attached hydrogen (secondary N) is 1. The van der Waals surface area contributed by atoms with Crippen molar-refractivity contribution < 1.29 is 5.11 Å². The van der Waals surface area contributed by atoms with Crippen LogP contribution >= 0.6 is 0 Å². The molecule has 0 radical (unpaired) electrons. The first-order valence-electron chi connectivity index (χ1n) is 9.91. The SMILES string of the molecule is CC(C)(C)c1cc([C@H](C2CC2)N2CCNCC2)c(O)c(C(C)(C)C)c1. The molecule has 1 saturated heterocycles. The number of piperazine rings is 1. The van der Waals surface area contributed by atoms with Gasteiger partial charge in [-0.3, -0.25) is 4.90 Å². The number of aromatic hydroxyl groups is 1. The number of rotatable bonds is 3. The van der Waals surface area contributed by atoms with Crippen LogP contribution in [-0.2, 0) is 10.8 Å². The molecule has 1 heterocycles. The van der Waals surface area contributed by atoms with Crippen molar-refractivity contribution in [2.24, 2.45) is 5.92 Å². The van der Waals surface area contributed by atoms with Crippen LogP contribution in [-0.4, -0.2) is 36.2 Å². The second-order valence-corrected chi connectivity index (χ2v) is 10.0. The first-order valence-corrected chi connectivity index (χ1v) is 9.91. The molecule has 1 aliphatic carbocycles. The Morgan fingerprint density at radius 3 is 2.08 bits per heavy atom. The molecule has 1 atom stereocenters. The highest BCUT2D eigenvalue weighted by molar-refractivity contribution is 5.50. The van der Waals surface area contributed by atoms with Crippen LogP contribution in [0.1, 0.15) is 77.1 Å². The van der Waals surface area contributed by atoms with Crippen LogP contribution in [0.3, 0.4) is 0 Å². The Bertz CT molecular complexity index is 614. The van der Waals surface area contributed by atoms with Crippen molar-refractivity contribution in [3.63, 3.8) is 0 Å². The topological polar surface area (TPSA) is 35.5 Å². The van der Waals surface area contributed by atoms with E-state index >= 15 is 0 Å². The zero-order valence-electron chi connectivity index (χ0n) is 16.9. The van der Waals surface area contributed by atoms with Crippen molar-refractivity contribution >= 4 is 0 Å². The number of hydrogen-bond acceptors (Lipinski definition) is 3. The average Bonchev–Trinajstić information content (AvgIpc) is 3.33. The molecular formula is C22H36N2O. The van der Waals surface area contributed by atoms with Gasteiger partial charge < -0.3 is 10.4 Å². The van der Waals surface area contributed by atoms with E-state index in [1.807, 2.05) is 0 Å². The lowest BCUT2D eigenvalue weighted by molar-refractivity contribution is 0.153. The molecule has 1 aliphatic heterocycles. The minimum absolute atomic E-state index is 0.0579. The summed E-state index contributed by atoms with van der Waals surface area (Å²) in [5.74, 6) is 1.24. The van der Waals surface area contributed by atoms with Crippen molar-refractivity contribution in [1.82, 2.24) is 10.2 Å². The second kappa shape index (κ2) is 6.59. The Balaban J connectivity index is 2.11. The fraction of sp³-hybridized carbons (Fsp3) is 0.727. The summed E-state index contributed by atoms with van der Waals surface area (Å²) in [5.41, 5.74) is 3.63. The Kier molecular flexibility index (Phi) is 4.93. The van der Waals surface area contributed by atoms with E-state index in [0.717, 1.165) is 31.7 Å². The fourth-order valence-electron chi connectivity index (χ4n) is 4.01. The number of phenols is 1. The average molecular weight is 345 g/mol. The predicted molar refractivity (Wildman–Crippen MR) is 105 cm³/mol. The number of phenolic OH excluding ortho intramolecular Hbond substituents is 1. The standard InChI is InChI=1S/C22H36N2O/c1-21(2,3)16-13-17(20(25)18(14-16)22(4,5)6)19(15-7-8-15)24-11-9-23-10-12-24/h13-15,19,23,25H,7-12H2,1-6H3/t19-/m0/s1. The third-order valence-corrected chi connectivity index (χ3v) is 5.75. The Morgan fingerprint density at radius 1 is 1.00 bits per heavy atom. The van der Waals surface area contributed by atoms with Gasteiger partial charge in [0.05, 0.1) is 0 Å². The molecule has 2 aliphatic rings. The zero-order valence-corrected chi connectivity index (χ0v) is 16.9. The largest absolute Gasteiger partial charge is 0.507 e. The van der Waals surface area contributed by atoms with Crippen LogP contribution in [0.15, 0.2) is 12.1 Å². The summed E-state index contributed by atoms with van der Waals surface area (Å²) in [5, 5.41) is 14.7. The molecule has 3 nitrogen and oxygen atoms in total. The summed E-state index contributed by atoms with van der Waals surface area (Å²) in [7, 11) is 0. The van der Waals surface area contributed by atoms with Crippen molar-refractivity contribution in [2.45, 2.75) is 71.3 Å². The van der Waals surface area contributed by atoms with Gasteiger partial charge in [0.15, 0.2) is 0 Å². The van der Waals surface area contributed by atoms with Gasteiger partial charge in [-0.25, -0.2) is 0 Å². The Morgan fingerprint density at radius 2 is 1.60 bits per heavy atom. The monoisotopic (exact) mass is 344 g/mol. The maximum Gasteiger partial charge on any atom is 0.124 e. The van der Waals surface area contributed by atoms with Crippen LogP contribution in [0, 0.1) is 5.92 Å². The molecule has 1 aromatic rings. The first-order chi connectivity index (χ1) is 11.6. The molecule has 0 bridgehead atoms. The van der Waals surface area contributed by atoms with Crippen molar-refractivity contribution in [2.75, 3.05) is 26.2 Å². The molecule has 0 amide bonds. The van der Waals surface area contributed by atoms with E-state index in [9.17, 15) is 5.11 Å². The smallest absolute Gasteiger partial charge is 0.124 e. The molecule has 0 unspecified atom stereocenters. The quantitative estimate of drug-likeness (QED) is 0.856. The van der Waals surface area contributed by atoms with E-state index in [1.54, 1.807) is 0 Å². The molecule has 0 aromatic heterocycles. The van der Waals surface area contributed by atoms with E-state index in [2.05, 4.69) is 63.9 Å². The van der Waals surface area contributed by atoms with E-state index in [-0.39, 0.29) is 10.8 Å². The summed E-state index contributed by atoms with van der Waals surface area (Å²) < 4.78 is 0. The van der Waals surface area contributed by atoms with Gasteiger partial charge in [-0.15, -0.1) is 0 Å². The van der Waals surface area contributed by atoms with E-state index in [4.69, 9.17) is 0 Å². The van der Waals surface area contributed by atoms with E-state index < -0.39 is 0 Å². The maximum atomic E-state index is 11.3. The molecule has 0 spiro atoms. The molecule has 140 valence electrons. The van der Waals surface area contributed by atoms with Crippen molar-refractivity contribution in [1.29, 1.82) is 0 Å². The lowest BCUT2D eigenvalue weighted by atomic mass is 9.77. The minimum Gasteiger partial charge on any atom is -0.507 e. The summed E-state index contributed by atoms with van der Waals surface area (Å²) >= 11 is 0. The van der Waals surface area contributed by atoms with Crippen LogP contribution in [0.2, 0.25) is 0 Å². The van der Waals surface area contributed by atoms with Gasteiger partial charge in [-0.05, 0) is 46.8 Å². The highest BCUT2D eigenvalue weighted by atomic mass is 16.3. The van der Waals surface area contributed by atoms with Gasteiger partial charge in [0.1, 0.15) is 5.75 Å². The molecule has 2 fully saturated rings. The van der Waals surface area contributed by atoms with Gasteiger partial charge in [-0.1, -0.05) is 47.6 Å². The fourth-order valence-corrected chi connectivity index (χ4v) is 4.01. The number of nitrogens with zero attached hydrogens (tertiary/aromatic N) is 1. The van der Waals surface area contributed by atoms with Gasteiger partial charge in [0, 0.05) is 37.8 Å². The Hall–Kier alpha value is -1.06. The number of hydrogen-bond donors (Lipinski definition) is 2. The van der Waals surface area contributed by atoms with Crippen LogP contribution < -0.4 is 5.32 Å². The lowest BCUT2D eigenvalue weighted by Gasteiger charge is -2.37. The van der Waals surface area contributed by atoms with Gasteiger partial charge in [0.2, 0.25) is 0 Å². The predicted octanol–water partition coefficient (Wildman–Crippen LogP) is 4.34. The van der Waals surface area contributed by atoms with E-state index in [0.29, 0.717) is 17.7 Å². The third kappa shape index (κ3) is 4.03. The molecule has 3 heteroatoms. The first kappa shape index (κ1) is 18.7. The van der Waals surface area contributed by atoms with Crippen molar-refractivity contribution in [3.8, 4) is 5.75 Å². The molecule has 1 aromatic carbocycles. The summed E-state index contributed by atoms with van der Waals surface area (Å²) in [6, 6.07) is 4.90. The summed E-state index contributed by atoms with van der Waals surface area (Å²) in [4.78, 5) is 2.60. The van der Waals surface area contributed by atoms with E-state index in [1.165, 1.54) is 24.0 Å². The minimum atomic E-state index is -0.0579.